The Bertz CT molecular complexity index is 391. The fourth-order valence-electron chi connectivity index (χ4n) is 1.59. The van der Waals surface area contributed by atoms with Crippen molar-refractivity contribution in [3.8, 4) is 0 Å². The minimum absolute atomic E-state index is 0.0139. The molecule has 0 saturated carbocycles. The largest absolute Gasteiger partial charge is 0.448 e. The van der Waals surface area contributed by atoms with Gasteiger partial charge in [0.25, 0.3) is 0 Å². The molecule has 5 nitrogen and oxygen atoms in total. The third-order valence-electron chi connectivity index (χ3n) is 2.46. The highest BCUT2D eigenvalue weighted by Crippen LogP contribution is 2.08. The Morgan fingerprint density at radius 3 is 3.12 bits per heavy atom. The molecule has 17 heavy (non-hydrogen) atoms. The summed E-state index contributed by atoms with van der Waals surface area (Å²) in [6.07, 6.45) is 0.111. The Kier molecular flexibility index (Phi) is 3.98. The van der Waals surface area contributed by atoms with Crippen LogP contribution < -0.4 is 5.32 Å². The zero-order valence-corrected chi connectivity index (χ0v) is 10.2. The van der Waals surface area contributed by atoms with Gasteiger partial charge in [-0.05, 0) is 11.4 Å². The van der Waals surface area contributed by atoms with E-state index in [4.69, 9.17) is 4.74 Å². The van der Waals surface area contributed by atoms with E-state index in [2.05, 4.69) is 5.32 Å². The van der Waals surface area contributed by atoms with Crippen molar-refractivity contribution in [3.05, 3.63) is 22.4 Å². The third kappa shape index (κ3) is 3.45. The molecule has 1 aliphatic heterocycles. The van der Waals surface area contributed by atoms with Crippen LogP contribution in [0.4, 0.5) is 4.79 Å². The van der Waals surface area contributed by atoms with Gasteiger partial charge in [0.15, 0.2) is 0 Å². The number of nitrogens with one attached hydrogen (secondary N) is 1. The molecule has 92 valence electrons. The number of hydrogen-bond acceptors (Lipinski definition) is 4. The van der Waals surface area contributed by atoms with Crippen molar-refractivity contribution < 1.29 is 14.3 Å². The Hall–Kier alpha value is -1.56. The Balaban J connectivity index is 1.65. The summed E-state index contributed by atoms with van der Waals surface area (Å²) in [6.45, 7) is 2.04. The lowest BCUT2D eigenvalue weighted by Gasteiger charge is -2.12. The lowest BCUT2D eigenvalue weighted by atomic mass is 10.3. The second-order valence-corrected chi connectivity index (χ2v) is 4.74. The molecule has 0 atom stereocenters. The summed E-state index contributed by atoms with van der Waals surface area (Å²) in [5.41, 5.74) is 0. The number of ether oxygens (including phenoxy) is 1. The summed E-state index contributed by atoms with van der Waals surface area (Å²) in [6, 6.07) is 3.86. The predicted molar refractivity (Wildman–Crippen MR) is 64.0 cm³/mol. The highest BCUT2D eigenvalue weighted by atomic mass is 32.1. The number of hydrogen-bond donors (Lipinski definition) is 1. The van der Waals surface area contributed by atoms with Crippen LogP contribution in [0.15, 0.2) is 17.5 Å². The van der Waals surface area contributed by atoms with Gasteiger partial charge in [-0.25, -0.2) is 4.79 Å². The Morgan fingerprint density at radius 2 is 2.47 bits per heavy atom. The van der Waals surface area contributed by atoms with Crippen LogP contribution in [0.25, 0.3) is 0 Å². The highest BCUT2D eigenvalue weighted by Gasteiger charge is 2.21. The molecule has 2 amide bonds. The SMILES string of the molecule is O=C(Cc1cccs1)NCCN1CCOC1=O. The van der Waals surface area contributed by atoms with Crippen molar-refractivity contribution in [2.45, 2.75) is 6.42 Å². The van der Waals surface area contributed by atoms with Gasteiger partial charge in [0.1, 0.15) is 6.61 Å². The molecule has 2 heterocycles. The van der Waals surface area contributed by atoms with E-state index in [0.29, 0.717) is 32.7 Å². The summed E-state index contributed by atoms with van der Waals surface area (Å²) in [5.74, 6) is -0.0139. The van der Waals surface area contributed by atoms with Gasteiger partial charge in [-0.2, -0.15) is 0 Å². The number of nitrogens with zero attached hydrogens (tertiary/aromatic N) is 1. The van der Waals surface area contributed by atoms with E-state index in [1.807, 2.05) is 17.5 Å². The molecule has 1 N–H and O–H groups in total. The summed E-state index contributed by atoms with van der Waals surface area (Å²) in [4.78, 5) is 25.3. The third-order valence-corrected chi connectivity index (χ3v) is 3.34. The standard InChI is InChI=1S/C11H14N2O3S/c14-10(8-9-2-1-7-17-9)12-3-4-13-5-6-16-11(13)15/h1-2,7H,3-6,8H2,(H,12,14). The van der Waals surface area contributed by atoms with Gasteiger partial charge in [0.2, 0.25) is 5.91 Å². The Morgan fingerprint density at radius 1 is 1.59 bits per heavy atom. The van der Waals surface area contributed by atoms with Crippen molar-refractivity contribution in [2.24, 2.45) is 0 Å². The molecule has 0 unspecified atom stereocenters. The van der Waals surface area contributed by atoms with Gasteiger partial charge in [-0.1, -0.05) is 6.07 Å². The van der Waals surface area contributed by atoms with E-state index >= 15 is 0 Å². The molecule has 1 fully saturated rings. The first-order valence-corrected chi connectivity index (χ1v) is 6.34. The van der Waals surface area contributed by atoms with Crippen molar-refractivity contribution in [2.75, 3.05) is 26.2 Å². The first-order chi connectivity index (χ1) is 8.25. The predicted octanol–water partition coefficient (Wildman–Crippen LogP) is 0.859. The second kappa shape index (κ2) is 5.67. The number of amides is 2. The molecule has 1 aromatic rings. The fraction of sp³-hybridized carbons (Fsp3) is 0.455. The highest BCUT2D eigenvalue weighted by molar-refractivity contribution is 7.10. The lowest BCUT2D eigenvalue weighted by Crippen LogP contribution is -2.35. The van der Waals surface area contributed by atoms with Crippen molar-refractivity contribution in [3.63, 3.8) is 0 Å². The molecule has 0 bridgehead atoms. The molecule has 1 aromatic heterocycles. The van der Waals surface area contributed by atoms with Gasteiger partial charge < -0.3 is 15.0 Å². The van der Waals surface area contributed by atoms with Crippen LogP contribution in [0.1, 0.15) is 4.88 Å². The first kappa shape index (κ1) is 11.9. The van der Waals surface area contributed by atoms with Crippen molar-refractivity contribution in [1.29, 1.82) is 0 Å². The maximum atomic E-state index is 11.5. The number of carbonyl (C=O) groups excluding carboxylic acids is 2. The minimum Gasteiger partial charge on any atom is -0.448 e. The maximum Gasteiger partial charge on any atom is 0.409 e. The fourth-order valence-corrected chi connectivity index (χ4v) is 2.30. The van der Waals surface area contributed by atoms with Crippen LogP contribution >= 0.6 is 11.3 Å². The molecule has 0 spiro atoms. The molecule has 0 aliphatic carbocycles. The van der Waals surface area contributed by atoms with Crippen LogP contribution in [-0.2, 0) is 16.0 Å². The minimum atomic E-state index is -0.294. The van der Waals surface area contributed by atoms with Gasteiger partial charge >= 0.3 is 6.09 Å². The van der Waals surface area contributed by atoms with Gasteiger partial charge in [-0.3, -0.25) is 4.79 Å². The topological polar surface area (TPSA) is 58.6 Å². The van der Waals surface area contributed by atoms with Gasteiger partial charge in [0, 0.05) is 18.0 Å². The normalized spacial score (nSPS) is 14.8. The zero-order valence-electron chi connectivity index (χ0n) is 9.35. The molecule has 6 heteroatoms. The van der Waals surface area contributed by atoms with E-state index in [0.717, 1.165) is 4.88 Å². The smallest absolute Gasteiger partial charge is 0.409 e. The average molecular weight is 254 g/mol. The van der Waals surface area contributed by atoms with E-state index in [-0.39, 0.29) is 12.0 Å². The molecule has 2 rings (SSSR count). The van der Waals surface area contributed by atoms with Crippen molar-refractivity contribution >= 4 is 23.3 Å². The summed E-state index contributed by atoms with van der Waals surface area (Å²) in [7, 11) is 0. The van der Waals surface area contributed by atoms with E-state index < -0.39 is 0 Å². The molecule has 0 radical (unpaired) electrons. The number of rotatable bonds is 5. The monoisotopic (exact) mass is 254 g/mol. The summed E-state index contributed by atoms with van der Waals surface area (Å²) < 4.78 is 4.78. The molecule has 1 aliphatic rings. The summed E-state index contributed by atoms with van der Waals surface area (Å²) >= 11 is 1.57. The van der Waals surface area contributed by atoms with Gasteiger partial charge in [0.05, 0.1) is 13.0 Å². The van der Waals surface area contributed by atoms with Crippen LogP contribution in [-0.4, -0.2) is 43.1 Å². The molecular formula is C11H14N2O3S. The van der Waals surface area contributed by atoms with Crippen LogP contribution in [0, 0.1) is 0 Å². The van der Waals surface area contributed by atoms with Crippen LogP contribution in [0.2, 0.25) is 0 Å². The van der Waals surface area contributed by atoms with E-state index in [1.165, 1.54) is 0 Å². The zero-order chi connectivity index (χ0) is 12.1. The van der Waals surface area contributed by atoms with E-state index in [9.17, 15) is 9.59 Å². The number of cyclic esters (lactones) is 1. The van der Waals surface area contributed by atoms with Crippen LogP contribution in [0.3, 0.4) is 0 Å². The number of thiophene rings is 1. The molecule has 0 aromatic carbocycles. The first-order valence-electron chi connectivity index (χ1n) is 5.46. The average Bonchev–Trinajstić information content (AvgIpc) is 2.91. The maximum absolute atomic E-state index is 11.5. The second-order valence-electron chi connectivity index (χ2n) is 3.71. The molecule has 1 saturated heterocycles. The van der Waals surface area contributed by atoms with Gasteiger partial charge in [-0.15, -0.1) is 11.3 Å². The quantitative estimate of drug-likeness (QED) is 0.847. The Labute approximate surface area is 103 Å². The molecular weight excluding hydrogens is 240 g/mol. The van der Waals surface area contributed by atoms with Crippen LogP contribution in [0.5, 0.6) is 0 Å². The lowest BCUT2D eigenvalue weighted by molar-refractivity contribution is -0.120. The number of carbonyl (C=O) groups is 2. The summed E-state index contributed by atoms with van der Waals surface area (Å²) in [5, 5.41) is 4.73. The van der Waals surface area contributed by atoms with E-state index in [1.54, 1.807) is 16.2 Å². The van der Waals surface area contributed by atoms with Crippen molar-refractivity contribution in [1.82, 2.24) is 10.2 Å².